The molecule has 0 unspecified atom stereocenters. The van der Waals surface area contributed by atoms with E-state index in [1.54, 1.807) is 41.3 Å². The van der Waals surface area contributed by atoms with E-state index in [4.69, 9.17) is 4.74 Å². The number of nitrogens with zero attached hydrogens (tertiary/aromatic N) is 1. The first-order valence-corrected chi connectivity index (χ1v) is 9.96. The molecule has 0 saturated carbocycles. The van der Waals surface area contributed by atoms with Gasteiger partial charge >= 0.3 is 0 Å². The number of carbonyl (C=O) groups is 1. The van der Waals surface area contributed by atoms with Gasteiger partial charge in [-0.2, -0.15) is 0 Å². The van der Waals surface area contributed by atoms with Gasteiger partial charge in [0.25, 0.3) is 10.0 Å². The van der Waals surface area contributed by atoms with Crippen molar-refractivity contribution in [3.63, 3.8) is 0 Å². The van der Waals surface area contributed by atoms with Crippen molar-refractivity contribution in [3.8, 4) is 5.75 Å². The molecule has 0 bridgehead atoms. The first-order valence-electron chi connectivity index (χ1n) is 8.47. The lowest BCUT2D eigenvalue weighted by Gasteiger charge is -2.22. The van der Waals surface area contributed by atoms with Crippen LogP contribution in [0.3, 0.4) is 0 Å². The molecule has 0 saturated heterocycles. The number of nitrogens with one attached hydrogen (secondary N) is 1. The second kappa shape index (κ2) is 6.99. The van der Waals surface area contributed by atoms with Crippen LogP contribution in [-0.2, 0) is 21.2 Å². The number of hydrogen-bond donors (Lipinski definition) is 1. The molecular formula is C19H22N2O4S. The summed E-state index contributed by atoms with van der Waals surface area (Å²) in [5, 5.41) is 0. The molecule has 1 N–H and O–H groups in total. The van der Waals surface area contributed by atoms with E-state index in [9.17, 15) is 13.2 Å². The molecule has 1 heterocycles. The predicted molar refractivity (Wildman–Crippen MR) is 101 cm³/mol. The normalized spacial score (nSPS) is 16.3. The van der Waals surface area contributed by atoms with Gasteiger partial charge in [-0.15, -0.1) is 0 Å². The maximum absolute atomic E-state index is 12.7. The van der Waals surface area contributed by atoms with Crippen LogP contribution >= 0.6 is 0 Å². The molecule has 3 rings (SSSR count). The molecule has 0 radical (unpaired) electrons. The minimum atomic E-state index is -3.73. The predicted octanol–water partition coefficient (Wildman–Crippen LogP) is 3.18. The lowest BCUT2D eigenvalue weighted by atomic mass is 10.1. The third kappa shape index (κ3) is 3.39. The Balaban J connectivity index is 1.90. The fourth-order valence-electron chi connectivity index (χ4n) is 3.23. The number of anilines is 2. The van der Waals surface area contributed by atoms with Crippen molar-refractivity contribution in [2.45, 2.75) is 37.6 Å². The van der Waals surface area contributed by atoms with Gasteiger partial charge in [-0.05, 0) is 49.2 Å². The molecule has 2 aromatic rings. The fourth-order valence-corrected chi connectivity index (χ4v) is 4.33. The average molecular weight is 374 g/mol. The zero-order valence-corrected chi connectivity index (χ0v) is 15.8. The van der Waals surface area contributed by atoms with Crippen LogP contribution in [0.1, 0.15) is 25.8 Å². The van der Waals surface area contributed by atoms with Gasteiger partial charge in [0.05, 0.1) is 17.7 Å². The highest BCUT2D eigenvalue weighted by Gasteiger charge is 2.31. The Morgan fingerprint density at radius 3 is 2.73 bits per heavy atom. The van der Waals surface area contributed by atoms with Crippen LogP contribution in [-0.4, -0.2) is 27.5 Å². The smallest absolute Gasteiger partial charge is 0.261 e. The highest BCUT2D eigenvalue weighted by atomic mass is 32.2. The highest BCUT2D eigenvalue weighted by molar-refractivity contribution is 7.92. The minimum Gasteiger partial charge on any atom is -0.497 e. The number of amides is 1. The number of sulfonamides is 1. The van der Waals surface area contributed by atoms with Crippen LogP contribution in [0.4, 0.5) is 11.4 Å². The second-order valence-electron chi connectivity index (χ2n) is 6.30. The Morgan fingerprint density at radius 1 is 1.27 bits per heavy atom. The Morgan fingerprint density at radius 2 is 2.04 bits per heavy atom. The molecule has 1 atom stereocenters. The van der Waals surface area contributed by atoms with Crippen molar-refractivity contribution in [1.29, 1.82) is 0 Å². The number of carbonyl (C=O) groups excluding carboxylic acids is 1. The fraction of sp³-hybridized carbons (Fsp3) is 0.316. The SMILES string of the molecule is CCC(=O)N1c2ccc(S(=O)(=O)Nc3cccc(OC)c3)cc2C[C@@H]1C. The zero-order chi connectivity index (χ0) is 18.9. The van der Waals surface area contributed by atoms with Crippen LogP contribution < -0.4 is 14.4 Å². The number of hydrogen-bond acceptors (Lipinski definition) is 4. The van der Waals surface area contributed by atoms with E-state index in [1.807, 2.05) is 13.8 Å². The summed E-state index contributed by atoms with van der Waals surface area (Å²) < 4.78 is 33.1. The van der Waals surface area contributed by atoms with Gasteiger partial charge in [-0.25, -0.2) is 8.42 Å². The Bertz CT molecular complexity index is 940. The molecule has 1 amide bonds. The van der Waals surface area contributed by atoms with Crippen molar-refractivity contribution in [1.82, 2.24) is 0 Å². The maximum atomic E-state index is 12.7. The summed E-state index contributed by atoms with van der Waals surface area (Å²) >= 11 is 0. The average Bonchev–Trinajstić information content (AvgIpc) is 2.95. The Labute approximate surface area is 153 Å². The molecule has 1 aliphatic heterocycles. The number of fused-ring (bicyclic) bond motifs is 1. The number of ether oxygens (including phenoxy) is 1. The third-order valence-electron chi connectivity index (χ3n) is 4.47. The van der Waals surface area contributed by atoms with Crippen LogP contribution in [0.25, 0.3) is 0 Å². The monoisotopic (exact) mass is 374 g/mol. The van der Waals surface area contributed by atoms with Gasteiger partial charge < -0.3 is 9.64 Å². The van der Waals surface area contributed by atoms with Gasteiger partial charge in [0.2, 0.25) is 5.91 Å². The molecule has 0 spiro atoms. The summed E-state index contributed by atoms with van der Waals surface area (Å²) in [6.45, 7) is 3.79. The lowest BCUT2D eigenvalue weighted by molar-refractivity contribution is -0.118. The van der Waals surface area contributed by atoms with Crippen molar-refractivity contribution in [2.75, 3.05) is 16.7 Å². The molecule has 7 heteroatoms. The minimum absolute atomic E-state index is 0.0294. The first kappa shape index (κ1) is 18.3. The first-order chi connectivity index (χ1) is 12.4. The highest BCUT2D eigenvalue weighted by Crippen LogP contribution is 2.34. The molecule has 26 heavy (non-hydrogen) atoms. The van der Waals surface area contributed by atoms with Crippen LogP contribution in [0, 0.1) is 0 Å². The van der Waals surface area contributed by atoms with Gasteiger partial charge in [-0.3, -0.25) is 9.52 Å². The van der Waals surface area contributed by atoms with Crippen LogP contribution in [0.15, 0.2) is 47.4 Å². The molecule has 6 nitrogen and oxygen atoms in total. The summed E-state index contributed by atoms with van der Waals surface area (Å²) in [6.07, 6.45) is 1.06. The van der Waals surface area contributed by atoms with Gasteiger partial charge in [0, 0.05) is 24.2 Å². The van der Waals surface area contributed by atoms with Gasteiger partial charge in [0.15, 0.2) is 0 Å². The summed E-state index contributed by atoms with van der Waals surface area (Å²) in [4.78, 5) is 14.1. The molecule has 138 valence electrons. The third-order valence-corrected chi connectivity index (χ3v) is 5.85. The maximum Gasteiger partial charge on any atom is 0.261 e. The second-order valence-corrected chi connectivity index (χ2v) is 7.98. The van der Waals surface area contributed by atoms with Crippen LogP contribution in [0.5, 0.6) is 5.75 Å². The van der Waals surface area contributed by atoms with E-state index < -0.39 is 10.0 Å². The Kier molecular flexibility index (Phi) is 4.91. The molecular weight excluding hydrogens is 352 g/mol. The van der Waals surface area contributed by atoms with E-state index in [2.05, 4.69) is 4.72 Å². The van der Waals surface area contributed by atoms with Crippen molar-refractivity contribution >= 4 is 27.3 Å². The van der Waals surface area contributed by atoms with Crippen molar-refractivity contribution in [3.05, 3.63) is 48.0 Å². The van der Waals surface area contributed by atoms with E-state index in [1.165, 1.54) is 13.2 Å². The van der Waals surface area contributed by atoms with Gasteiger partial charge in [-0.1, -0.05) is 13.0 Å². The summed E-state index contributed by atoms with van der Waals surface area (Å²) in [6, 6.07) is 11.7. The van der Waals surface area contributed by atoms with E-state index >= 15 is 0 Å². The summed E-state index contributed by atoms with van der Waals surface area (Å²) in [5.41, 5.74) is 2.10. The van der Waals surface area contributed by atoms with E-state index in [0.717, 1.165) is 11.3 Å². The van der Waals surface area contributed by atoms with E-state index in [-0.39, 0.29) is 16.8 Å². The van der Waals surface area contributed by atoms with E-state index in [0.29, 0.717) is 24.3 Å². The number of benzene rings is 2. The zero-order valence-electron chi connectivity index (χ0n) is 15.0. The topological polar surface area (TPSA) is 75.7 Å². The molecule has 0 fully saturated rings. The quantitative estimate of drug-likeness (QED) is 0.872. The Hall–Kier alpha value is -2.54. The molecule has 1 aliphatic rings. The van der Waals surface area contributed by atoms with Gasteiger partial charge in [0.1, 0.15) is 5.75 Å². The summed E-state index contributed by atoms with van der Waals surface area (Å²) in [5.74, 6) is 0.614. The van der Waals surface area contributed by atoms with Crippen molar-refractivity contribution < 1.29 is 17.9 Å². The standard InChI is InChI=1S/C19H22N2O4S/c1-4-19(22)21-13(2)10-14-11-17(8-9-18(14)21)26(23,24)20-15-6-5-7-16(12-15)25-3/h5-9,11-13,20H,4,10H2,1-3H3/t13-/m0/s1. The molecule has 0 aliphatic carbocycles. The lowest BCUT2D eigenvalue weighted by Crippen LogP contribution is -2.35. The number of methoxy groups -OCH3 is 1. The molecule has 2 aromatic carbocycles. The van der Waals surface area contributed by atoms with Crippen molar-refractivity contribution in [2.24, 2.45) is 0 Å². The summed E-state index contributed by atoms with van der Waals surface area (Å²) in [7, 11) is -2.20. The largest absolute Gasteiger partial charge is 0.497 e. The van der Waals surface area contributed by atoms with Crippen LogP contribution in [0.2, 0.25) is 0 Å². The number of rotatable bonds is 5. The molecule has 0 aromatic heterocycles.